The smallest absolute Gasteiger partial charge is 0.00749 e. The summed E-state index contributed by atoms with van der Waals surface area (Å²) in [5.74, 6) is 3.13. The third kappa shape index (κ3) is 2.53. The molecule has 0 aromatic heterocycles. The van der Waals surface area contributed by atoms with E-state index >= 15 is 0 Å². The lowest BCUT2D eigenvalue weighted by Crippen LogP contribution is -2.44. The topological polar surface area (TPSA) is 26.0 Å². The maximum Gasteiger partial charge on any atom is 0.00749 e. The Morgan fingerprint density at radius 2 is 1.70 bits per heavy atom. The second kappa shape index (κ2) is 5.18. The predicted octanol–water partition coefficient (Wildman–Crippen LogP) is 4.58. The van der Waals surface area contributed by atoms with Gasteiger partial charge in [0, 0.05) is 6.04 Å². The van der Waals surface area contributed by atoms with Crippen molar-refractivity contribution in [2.24, 2.45) is 28.9 Å². The summed E-state index contributed by atoms with van der Waals surface area (Å²) in [5, 5.41) is 0. The molecular weight excluding hydrogens is 242 g/mol. The highest BCUT2D eigenvalue weighted by Gasteiger charge is 2.52. The van der Waals surface area contributed by atoms with Crippen LogP contribution in [0.4, 0.5) is 0 Å². The first-order valence-electron chi connectivity index (χ1n) is 8.30. The second-order valence-corrected chi connectivity index (χ2v) is 7.87. The van der Waals surface area contributed by atoms with Crippen molar-refractivity contribution in [3.05, 3.63) is 35.9 Å². The molecular formula is C19H29N. The van der Waals surface area contributed by atoms with Crippen LogP contribution < -0.4 is 5.73 Å². The van der Waals surface area contributed by atoms with E-state index in [0.717, 1.165) is 17.8 Å². The van der Waals surface area contributed by atoms with Crippen molar-refractivity contribution in [2.45, 2.75) is 58.4 Å². The van der Waals surface area contributed by atoms with Gasteiger partial charge in [0.25, 0.3) is 0 Å². The fraction of sp³-hybridized carbons (Fsp3) is 0.684. The van der Waals surface area contributed by atoms with Gasteiger partial charge in [0.2, 0.25) is 0 Å². The highest BCUT2D eigenvalue weighted by atomic mass is 14.7. The van der Waals surface area contributed by atoms with Gasteiger partial charge in [-0.1, -0.05) is 57.5 Å². The van der Waals surface area contributed by atoms with Gasteiger partial charge in [-0.25, -0.2) is 0 Å². The van der Waals surface area contributed by atoms with Crippen molar-refractivity contribution in [3.8, 4) is 0 Å². The molecule has 0 heterocycles. The first-order valence-corrected chi connectivity index (χ1v) is 8.30. The third-order valence-corrected chi connectivity index (χ3v) is 6.09. The summed E-state index contributed by atoms with van der Waals surface area (Å²) in [6.45, 7) is 7.30. The van der Waals surface area contributed by atoms with E-state index in [1.54, 1.807) is 0 Å². The van der Waals surface area contributed by atoms with Gasteiger partial charge in [0.15, 0.2) is 0 Å². The first-order chi connectivity index (χ1) is 9.50. The monoisotopic (exact) mass is 271 g/mol. The van der Waals surface area contributed by atoms with Gasteiger partial charge in [-0.05, 0) is 53.9 Å². The summed E-state index contributed by atoms with van der Waals surface area (Å²) >= 11 is 0. The maximum absolute atomic E-state index is 6.51. The lowest BCUT2D eigenvalue weighted by atomic mass is 9.64. The van der Waals surface area contributed by atoms with Gasteiger partial charge in [0.1, 0.15) is 0 Å². The van der Waals surface area contributed by atoms with E-state index in [9.17, 15) is 0 Å². The standard InChI is InChI=1S/C19H29N/c1-13-9-10-16(18(20)11-13)19(2,3)17-12-15(17)14-7-5-4-6-8-14/h4-8,13,15-18H,9-12,20H2,1-3H3. The van der Waals surface area contributed by atoms with Crippen LogP contribution in [0.25, 0.3) is 0 Å². The molecule has 2 aliphatic rings. The lowest BCUT2D eigenvalue weighted by molar-refractivity contribution is 0.0906. The van der Waals surface area contributed by atoms with Crippen LogP contribution in [0.15, 0.2) is 30.3 Å². The molecule has 5 atom stereocenters. The molecule has 2 aliphatic carbocycles. The molecule has 0 aliphatic heterocycles. The molecule has 1 aromatic rings. The Balaban J connectivity index is 1.71. The number of hydrogen-bond acceptors (Lipinski definition) is 1. The Kier molecular flexibility index (Phi) is 3.66. The summed E-state index contributed by atoms with van der Waals surface area (Å²) in [4.78, 5) is 0. The lowest BCUT2D eigenvalue weighted by Gasteiger charge is -2.43. The van der Waals surface area contributed by atoms with Gasteiger partial charge in [-0.2, -0.15) is 0 Å². The molecule has 2 N–H and O–H groups in total. The van der Waals surface area contributed by atoms with Crippen molar-refractivity contribution in [3.63, 3.8) is 0 Å². The van der Waals surface area contributed by atoms with Crippen LogP contribution in [0.5, 0.6) is 0 Å². The van der Waals surface area contributed by atoms with Crippen LogP contribution >= 0.6 is 0 Å². The number of hydrogen-bond donors (Lipinski definition) is 1. The first kappa shape index (κ1) is 14.1. The highest BCUT2D eigenvalue weighted by molar-refractivity contribution is 5.27. The van der Waals surface area contributed by atoms with Crippen molar-refractivity contribution >= 4 is 0 Å². The van der Waals surface area contributed by atoms with Crippen LogP contribution in [0.1, 0.15) is 57.9 Å². The zero-order chi connectivity index (χ0) is 14.3. The fourth-order valence-electron chi connectivity index (χ4n) is 4.71. The van der Waals surface area contributed by atoms with E-state index in [4.69, 9.17) is 5.73 Å². The average molecular weight is 271 g/mol. The van der Waals surface area contributed by atoms with Gasteiger partial charge in [-0.3, -0.25) is 0 Å². The van der Waals surface area contributed by atoms with Crippen molar-refractivity contribution < 1.29 is 0 Å². The second-order valence-electron chi connectivity index (χ2n) is 7.87. The Hall–Kier alpha value is -0.820. The average Bonchev–Trinajstić information content (AvgIpc) is 3.20. The van der Waals surface area contributed by atoms with E-state index < -0.39 is 0 Å². The van der Waals surface area contributed by atoms with E-state index in [0.29, 0.717) is 17.4 Å². The van der Waals surface area contributed by atoms with Crippen molar-refractivity contribution in [1.82, 2.24) is 0 Å². The summed E-state index contributed by atoms with van der Waals surface area (Å²) < 4.78 is 0. The van der Waals surface area contributed by atoms with E-state index in [-0.39, 0.29) is 0 Å². The van der Waals surface area contributed by atoms with Gasteiger partial charge in [-0.15, -0.1) is 0 Å². The molecule has 0 radical (unpaired) electrons. The third-order valence-electron chi connectivity index (χ3n) is 6.09. The Morgan fingerprint density at radius 1 is 1.00 bits per heavy atom. The molecule has 2 saturated carbocycles. The Bertz CT molecular complexity index is 450. The minimum atomic E-state index is 0.389. The molecule has 20 heavy (non-hydrogen) atoms. The zero-order valence-electron chi connectivity index (χ0n) is 13.2. The minimum Gasteiger partial charge on any atom is -0.327 e. The zero-order valence-corrected chi connectivity index (χ0v) is 13.2. The summed E-state index contributed by atoms with van der Waals surface area (Å²) in [6, 6.07) is 11.5. The number of benzene rings is 1. The molecule has 2 fully saturated rings. The Morgan fingerprint density at radius 3 is 2.35 bits per heavy atom. The Labute approximate surface area is 124 Å². The molecule has 1 nitrogen and oxygen atoms in total. The van der Waals surface area contributed by atoms with Crippen molar-refractivity contribution in [1.29, 1.82) is 0 Å². The summed E-state index contributed by atoms with van der Waals surface area (Å²) in [7, 11) is 0. The molecule has 0 amide bonds. The van der Waals surface area contributed by atoms with Gasteiger partial charge >= 0.3 is 0 Å². The van der Waals surface area contributed by atoms with Crippen LogP contribution in [-0.4, -0.2) is 6.04 Å². The van der Waals surface area contributed by atoms with Gasteiger partial charge in [0.05, 0.1) is 0 Å². The largest absolute Gasteiger partial charge is 0.327 e. The highest BCUT2D eigenvalue weighted by Crippen LogP contribution is 2.61. The number of nitrogens with two attached hydrogens (primary N) is 1. The molecule has 3 rings (SSSR count). The molecule has 0 bridgehead atoms. The van der Waals surface area contributed by atoms with E-state index in [1.807, 2.05) is 0 Å². The van der Waals surface area contributed by atoms with Crippen LogP contribution in [-0.2, 0) is 0 Å². The normalized spacial score (nSPS) is 37.7. The number of rotatable bonds is 3. The van der Waals surface area contributed by atoms with Crippen LogP contribution in [0.3, 0.4) is 0 Å². The molecule has 0 spiro atoms. The minimum absolute atomic E-state index is 0.389. The predicted molar refractivity (Wildman–Crippen MR) is 85.6 cm³/mol. The molecule has 1 aromatic carbocycles. The SMILES string of the molecule is CC1CCC(C(C)(C)C2CC2c2ccccc2)C(N)C1. The van der Waals surface area contributed by atoms with E-state index in [2.05, 4.69) is 51.1 Å². The van der Waals surface area contributed by atoms with E-state index in [1.165, 1.54) is 31.2 Å². The fourth-order valence-corrected chi connectivity index (χ4v) is 4.71. The maximum atomic E-state index is 6.51. The summed E-state index contributed by atoms with van der Waals surface area (Å²) in [5.41, 5.74) is 8.43. The van der Waals surface area contributed by atoms with Crippen molar-refractivity contribution in [2.75, 3.05) is 0 Å². The molecule has 110 valence electrons. The quantitative estimate of drug-likeness (QED) is 0.855. The molecule has 0 saturated heterocycles. The van der Waals surface area contributed by atoms with Crippen LogP contribution in [0.2, 0.25) is 0 Å². The van der Waals surface area contributed by atoms with Crippen LogP contribution in [0, 0.1) is 23.2 Å². The summed E-state index contributed by atoms with van der Waals surface area (Å²) in [6.07, 6.45) is 5.27. The molecule has 5 unspecified atom stereocenters. The molecule has 1 heteroatoms. The van der Waals surface area contributed by atoms with Gasteiger partial charge < -0.3 is 5.73 Å².